The lowest BCUT2D eigenvalue weighted by Gasteiger charge is -2.17. The first-order valence-electron chi connectivity index (χ1n) is 8.98. The largest absolute Gasteiger partial charge is 0.494 e. The molecule has 1 saturated heterocycles. The molecule has 2 aromatic carbocycles. The molecule has 1 aliphatic heterocycles. The van der Waals surface area contributed by atoms with Gasteiger partial charge in [-0.1, -0.05) is 25.1 Å². The number of anilines is 2. The summed E-state index contributed by atoms with van der Waals surface area (Å²) in [4.78, 5) is 26.6. The second-order valence-electron chi connectivity index (χ2n) is 6.55. The van der Waals surface area contributed by atoms with Crippen LogP contribution in [0.15, 0.2) is 48.5 Å². The Morgan fingerprint density at radius 2 is 1.92 bits per heavy atom. The molecular formula is C21H24N2O3. The number of hydrogen-bond acceptors (Lipinski definition) is 3. The Kier molecular flexibility index (Phi) is 5.56. The monoisotopic (exact) mass is 352 g/mol. The Hall–Kier alpha value is -2.82. The molecule has 0 spiro atoms. The van der Waals surface area contributed by atoms with E-state index < -0.39 is 0 Å². The van der Waals surface area contributed by atoms with Crippen molar-refractivity contribution in [2.75, 3.05) is 23.4 Å². The number of carbonyl (C=O) groups excluding carboxylic acids is 2. The number of para-hydroxylation sites is 1. The SMILES string of the molecule is CCCOc1ccc(N2CC(C(=O)Nc3ccccc3C)CC2=O)cc1. The molecule has 1 atom stereocenters. The van der Waals surface area contributed by atoms with Crippen LogP contribution in [0.25, 0.3) is 0 Å². The maximum absolute atomic E-state index is 12.6. The first kappa shape index (κ1) is 18.0. The number of aryl methyl sites for hydroxylation is 1. The number of amides is 2. The quantitative estimate of drug-likeness (QED) is 0.861. The van der Waals surface area contributed by atoms with E-state index in [2.05, 4.69) is 12.2 Å². The molecule has 136 valence electrons. The summed E-state index contributed by atoms with van der Waals surface area (Å²) in [7, 11) is 0. The van der Waals surface area contributed by atoms with Crippen molar-refractivity contribution in [3.05, 3.63) is 54.1 Å². The normalized spacial score (nSPS) is 16.6. The molecule has 5 heteroatoms. The van der Waals surface area contributed by atoms with Crippen molar-refractivity contribution in [2.45, 2.75) is 26.7 Å². The van der Waals surface area contributed by atoms with Crippen LogP contribution in [0.1, 0.15) is 25.3 Å². The van der Waals surface area contributed by atoms with Gasteiger partial charge in [-0.2, -0.15) is 0 Å². The minimum Gasteiger partial charge on any atom is -0.494 e. The molecule has 1 heterocycles. The molecule has 2 aromatic rings. The number of hydrogen-bond donors (Lipinski definition) is 1. The Morgan fingerprint density at radius 1 is 1.19 bits per heavy atom. The van der Waals surface area contributed by atoms with Crippen molar-refractivity contribution in [3.8, 4) is 5.75 Å². The molecular weight excluding hydrogens is 328 g/mol. The van der Waals surface area contributed by atoms with Crippen LogP contribution in [0.4, 0.5) is 11.4 Å². The van der Waals surface area contributed by atoms with Crippen LogP contribution >= 0.6 is 0 Å². The second-order valence-corrected chi connectivity index (χ2v) is 6.55. The summed E-state index contributed by atoms with van der Waals surface area (Å²) in [5.41, 5.74) is 2.59. The maximum atomic E-state index is 12.6. The third-order valence-corrected chi connectivity index (χ3v) is 4.52. The highest BCUT2D eigenvalue weighted by Crippen LogP contribution is 2.28. The molecule has 1 unspecified atom stereocenters. The van der Waals surface area contributed by atoms with Crippen molar-refractivity contribution >= 4 is 23.2 Å². The zero-order chi connectivity index (χ0) is 18.5. The minimum absolute atomic E-state index is 0.0304. The summed E-state index contributed by atoms with van der Waals surface area (Å²) < 4.78 is 5.57. The highest BCUT2D eigenvalue weighted by Gasteiger charge is 2.35. The van der Waals surface area contributed by atoms with Crippen LogP contribution in [-0.2, 0) is 9.59 Å². The highest BCUT2D eigenvalue weighted by atomic mass is 16.5. The van der Waals surface area contributed by atoms with Gasteiger partial charge in [0.2, 0.25) is 11.8 Å². The van der Waals surface area contributed by atoms with E-state index in [-0.39, 0.29) is 24.2 Å². The predicted molar refractivity (Wildman–Crippen MR) is 102 cm³/mol. The summed E-state index contributed by atoms with van der Waals surface area (Å²) >= 11 is 0. The lowest BCUT2D eigenvalue weighted by molar-refractivity contribution is -0.122. The van der Waals surface area contributed by atoms with Gasteiger partial charge in [-0.15, -0.1) is 0 Å². The Balaban J connectivity index is 1.64. The van der Waals surface area contributed by atoms with Gasteiger partial charge in [-0.3, -0.25) is 9.59 Å². The van der Waals surface area contributed by atoms with Crippen molar-refractivity contribution in [2.24, 2.45) is 5.92 Å². The second kappa shape index (κ2) is 8.04. The Morgan fingerprint density at radius 3 is 2.62 bits per heavy atom. The zero-order valence-corrected chi connectivity index (χ0v) is 15.2. The van der Waals surface area contributed by atoms with E-state index in [1.54, 1.807) is 4.90 Å². The molecule has 0 bridgehead atoms. The van der Waals surface area contributed by atoms with E-state index in [9.17, 15) is 9.59 Å². The number of ether oxygens (including phenoxy) is 1. The summed E-state index contributed by atoms with van der Waals surface area (Å²) in [6.07, 6.45) is 1.18. The van der Waals surface area contributed by atoms with E-state index >= 15 is 0 Å². The molecule has 1 N–H and O–H groups in total. The number of carbonyl (C=O) groups is 2. The first-order valence-corrected chi connectivity index (χ1v) is 8.98. The lowest BCUT2D eigenvalue weighted by Crippen LogP contribution is -2.28. The molecule has 0 aliphatic carbocycles. The molecule has 1 aliphatic rings. The minimum atomic E-state index is -0.349. The van der Waals surface area contributed by atoms with Crippen LogP contribution in [-0.4, -0.2) is 25.0 Å². The standard InChI is InChI=1S/C21H24N2O3/c1-3-12-26-18-10-8-17(9-11-18)23-14-16(13-20(23)24)21(25)22-19-7-5-4-6-15(19)2/h4-11,16H,3,12-14H2,1-2H3,(H,22,25). The third-order valence-electron chi connectivity index (χ3n) is 4.52. The summed E-state index contributed by atoms with van der Waals surface area (Å²) in [5, 5.41) is 2.94. The predicted octanol–water partition coefficient (Wildman–Crippen LogP) is 3.78. The van der Waals surface area contributed by atoms with E-state index in [1.807, 2.05) is 55.5 Å². The maximum Gasteiger partial charge on any atom is 0.229 e. The fourth-order valence-electron chi connectivity index (χ4n) is 3.02. The number of benzene rings is 2. The van der Waals surface area contributed by atoms with Crippen LogP contribution in [0.3, 0.4) is 0 Å². The van der Waals surface area contributed by atoms with Crippen molar-refractivity contribution in [3.63, 3.8) is 0 Å². The van der Waals surface area contributed by atoms with Crippen LogP contribution in [0.2, 0.25) is 0 Å². The fourth-order valence-corrected chi connectivity index (χ4v) is 3.02. The van der Waals surface area contributed by atoms with Gasteiger partial charge in [-0.05, 0) is 49.2 Å². The van der Waals surface area contributed by atoms with Gasteiger partial charge >= 0.3 is 0 Å². The molecule has 5 nitrogen and oxygen atoms in total. The van der Waals surface area contributed by atoms with Crippen LogP contribution < -0.4 is 15.0 Å². The Bertz CT molecular complexity index is 786. The van der Waals surface area contributed by atoms with Gasteiger partial charge in [0, 0.05) is 24.3 Å². The smallest absolute Gasteiger partial charge is 0.229 e. The van der Waals surface area contributed by atoms with Gasteiger partial charge in [0.15, 0.2) is 0 Å². The topological polar surface area (TPSA) is 58.6 Å². The van der Waals surface area contributed by atoms with E-state index in [1.165, 1.54) is 0 Å². The molecule has 0 radical (unpaired) electrons. The lowest BCUT2D eigenvalue weighted by atomic mass is 10.1. The Labute approximate surface area is 154 Å². The molecule has 0 saturated carbocycles. The van der Waals surface area contributed by atoms with Gasteiger partial charge in [0.1, 0.15) is 5.75 Å². The van der Waals surface area contributed by atoms with Crippen molar-refractivity contribution in [1.82, 2.24) is 0 Å². The van der Waals surface area contributed by atoms with Crippen LogP contribution in [0.5, 0.6) is 5.75 Å². The van der Waals surface area contributed by atoms with Crippen molar-refractivity contribution < 1.29 is 14.3 Å². The fraction of sp³-hybridized carbons (Fsp3) is 0.333. The number of nitrogens with zero attached hydrogens (tertiary/aromatic N) is 1. The molecule has 1 fully saturated rings. The average Bonchev–Trinajstić information content (AvgIpc) is 3.04. The van der Waals surface area contributed by atoms with Gasteiger partial charge < -0.3 is 15.0 Å². The van der Waals surface area contributed by atoms with Crippen molar-refractivity contribution in [1.29, 1.82) is 0 Å². The van der Waals surface area contributed by atoms with E-state index in [0.717, 1.165) is 29.1 Å². The van der Waals surface area contributed by atoms with Gasteiger partial charge in [-0.25, -0.2) is 0 Å². The highest BCUT2D eigenvalue weighted by molar-refractivity contribution is 6.03. The summed E-state index contributed by atoms with van der Waals surface area (Å²) in [6.45, 7) is 5.07. The third kappa shape index (κ3) is 4.04. The zero-order valence-electron chi connectivity index (χ0n) is 15.2. The van der Waals surface area contributed by atoms with E-state index in [4.69, 9.17) is 4.74 Å². The first-order chi connectivity index (χ1) is 12.6. The van der Waals surface area contributed by atoms with Crippen LogP contribution in [0, 0.1) is 12.8 Å². The summed E-state index contributed by atoms with van der Waals surface area (Å²) in [5.74, 6) is 0.296. The molecule has 3 rings (SSSR count). The molecule has 0 aromatic heterocycles. The number of rotatable bonds is 6. The molecule has 2 amide bonds. The van der Waals surface area contributed by atoms with Gasteiger partial charge in [0.25, 0.3) is 0 Å². The molecule has 26 heavy (non-hydrogen) atoms. The summed E-state index contributed by atoms with van der Waals surface area (Å²) in [6, 6.07) is 15.1. The van der Waals surface area contributed by atoms with Gasteiger partial charge in [0.05, 0.1) is 12.5 Å². The average molecular weight is 352 g/mol. The van der Waals surface area contributed by atoms with E-state index in [0.29, 0.717) is 13.2 Å². The number of nitrogens with one attached hydrogen (secondary N) is 1.